The van der Waals surface area contributed by atoms with Crippen molar-refractivity contribution in [1.82, 2.24) is 0 Å². The van der Waals surface area contributed by atoms with E-state index in [-0.39, 0.29) is 11.5 Å². The largest absolute Gasteiger partial charge is 0.507 e. The van der Waals surface area contributed by atoms with Crippen molar-refractivity contribution in [2.45, 2.75) is 65.2 Å². The number of carboxylic acids is 1. The van der Waals surface area contributed by atoms with Crippen LogP contribution in [0.5, 0.6) is 5.75 Å². The Morgan fingerprint density at radius 3 is 1.95 bits per heavy atom. The highest BCUT2D eigenvalue weighted by Crippen LogP contribution is 2.15. The van der Waals surface area contributed by atoms with Gasteiger partial charge < -0.3 is 10.2 Å². The normalized spacial score (nSPS) is 9.73. The number of aliphatic carboxylic acids is 1. The van der Waals surface area contributed by atoms with Crippen molar-refractivity contribution in [3.8, 4) is 5.75 Å². The zero-order valence-corrected chi connectivity index (χ0v) is 13.7. The van der Waals surface area contributed by atoms with Crippen LogP contribution < -0.4 is 0 Å². The Bertz CT molecular complexity index is 440. The van der Waals surface area contributed by atoms with Crippen molar-refractivity contribution in [3.05, 3.63) is 29.8 Å². The molecule has 0 atom stereocenters. The van der Waals surface area contributed by atoms with E-state index in [9.17, 15) is 9.59 Å². The van der Waals surface area contributed by atoms with E-state index in [1.54, 1.807) is 18.2 Å². The summed E-state index contributed by atoms with van der Waals surface area (Å²) < 4.78 is 0. The predicted octanol–water partition coefficient (Wildman–Crippen LogP) is 4.81. The second-order valence-electron chi connectivity index (χ2n) is 5.34. The topological polar surface area (TPSA) is 74.6 Å². The van der Waals surface area contributed by atoms with E-state index in [1.165, 1.54) is 45.1 Å². The van der Waals surface area contributed by atoms with Crippen LogP contribution in [-0.4, -0.2) is 22.0 Å². The minimum Gasteiger partial charge on any atom is -0.507 e. The molecule has 0 amide bonds. The summed E-state index contributed by atoms with van der Waals surface area (Å²) in [5.74, 6) is -0.725. The summed E-state index contributed by atoms with van der Waals surface area (Å²) in [7, 11) is 0. The van der Waals surface area contributed by atoms with E-state index >= 15 is 0 Å². The molecule has 0 aliphatic carbocycles. The molecular formula is C18H28O4. The van der Waals surface area contributed by atoms with Crippen LogP contribution in [0.15, 0.2) is 24.3 Å². The SMILES string of the molecule is CC(=O)c1ccccc1O.CCCCCCCCCC(=O)O. The first kappa shape index (κ1) is 20.2. The van der Waals surface area contributed by atoms with E-state index in [4.69, 9.17) is 10.2 Å². The van der Waals surface area contributed by atoms with Crippen LogP contribution in [0.4, 0.5) is 0 Å². The van der Waals surface area contributed by atoms with Crippen LogP contribution in [0.25, 0.3) is 0 Å². The number of Topliss-reactive ketones (excluding diaryl/α,β-unsaturated/α-hetero) is 1. The summed E-state index contributed by atoms with van der Waals surface area (Å²) in [5, 5.41) is 17.4. The number of carbonyl (C=O) groups excluding carboxylic acids is 1. The van der Waals surface area contributed by atoms with E-state index in [0.717, 1.165) is 12.8 Å². The average molecular weight is 308 g/mol. The number of hydrogen-bond acceptors (Lipinski definition) is 3. The number of phenolic OH excluding ortho intramolecular Hbond substituents is 1. The summed E-state index contributed by atoms with van der Waals surface area (Å²) in [6.07, 6.45) is 8.64. The molecule has 124 valence electrons. The molecular weight excluding hydrogens is 280 g/mol. The van der Waals surface area contributed by atoms with Gasteiger partial charge in [0.25, 0.3) is 0 Å². The molecule has 1 aromatic rings. The number of para-hydroxylation sites is 1. The van der Waals surface area contributed by atoms with Crippen LogP contribution in [0.2, 0.25) is 0 Å². The molecule has 0 unspecified atom stereocenters. The van der Waals surface area contributed by atoms with Crippen molar-refractivity contribution in [1.29, 1.82) is 0 Å². The molecule has 0 spiro atoms. The van der Waals surface area contributed by atoms with Gasteiger partial charge in [0.2, 0.25) is 0 Å². The summed E-state index contributed by atoms with van der Waals surface area (Å²) >= 11 is 0. The van der Waals surface area contributed by atoms with E-state index < -0.39 is 5.97 Å². The minimum atomic E-state index is -0.663. The number of rotatable bonds is 9. The molecule has 4 heteroatoms. The molecule has 0 aromatic heterocycles. The monoisotopic (exact) mass is 308 g/mol. The molecule has 0 heterocycles. The Hall–Kier alpha value is -1.84. The Kier molecular flexibility index (Phi) is 11.8. The predicted molar refractivity (Wildman–Crippen MR) is 88.4 cm³/mol. The van der Waals surface area contributed by atoms with Gasteiger partial charge in [-0.15, -0.1) is 0 Å². The smallest absolute Gasteiger partial charge is 0.303 e. The molecule has 2 N–H and O–H groups in total. The zero-order chi connectivity index (χ0) is 16.8. The van der Waals surface area contributed by atoms with Gasteiger partial charge in [0.05, 0.1) is 5.56 Å². The first-order valence-electron chi connectivity index (χ1n) is 7.99. The molecule has 0 bridgehead atoms. The van der Waals surface area contributed by atoms with Crippen molar-refractivity contribution in [2.75, 3.05) is 0 Å². The van der Waals surface area contributed by atoms with Gasteiger partial charge in [-0.2, -0.15) is 0 Å². The highest BCUT2D eigenvalue weighted by Gasteiger charge is 2.02. The fraction of sp³-hybridized carbons (Fsp3) is 0.556. The van der Waals surface area contributed by atoms with E-state index in [0.29, 0.717) is 12.0 Å². The number of phenols is 1. The highest BCUT2D eigenvalue weighted by atomic mass is 16.4. The second-order valence-corrected chi connectivity index (χ2v) is 5.34. The third-order valence-corrected chi connectivity index (χ3v) is 3.28. The van der Waals surface area contributed by atoms with Gasteiger partial charge in [-0.3, -0.25) is 9.59 Å². The maximum atomic E-state index is 10.7. The number of aromatic hydroxyl groups is 1. The fourth-order valence-electron chi connectivity index (χ4n) is 2.00. The third-order valence-electron chi connectivity index (χ3n) is 3.28. The van der Waals surface area contributed by atoms with Crippen molar-refractivity contribution >= 4 is 11.8 Å². The summed E-state index contributed by atoms with van der Waals surface area (Å²) in [5.41, 5.74) is 0.377. The number of unbranched alkanes of at least 4 members (excludes halogenated alkanes) is 6. The van der Waals surface area contributed by atoms with Crippen molar-refractivity contribution in [2.24, 2.45) is 0 Å². The quantitative estimate of drug-likeness (QED) is 0.507. The lowest BCUT2D eigenvalue weighted by Crippen LogP contribution is -1.93. The van der Waals surface area contributed by atoms with Crippen LogP contribution in [-0.2, 0) is 4.79 Å². The van der Waals surface area contributed by atoms with Crippen LogP contribution in [0, 0.1) is 0 Å². The molecule has 0 fully saturated rings. The number of benzene rings is 1. The van der Waals surface area contributed by atoms with Gasteiger partial charge in [-0.05, 0) is 25.5 Å². The second kappa shape index (κ2) is 12.9. The van der Waals surface area contributed by atoms with Crippen molar-refractivity contribution in [3.63, 3.8) is 0 Å². The third kappa shape index (κ3) is 10.9. The molecule has 1 rings (SSSR count). The van der Waals surface area contributed by atoms with Crippen LogP contribution >= 0.6 is 0 Å². The Morgan fingerprint density at radius 2 is 1.50 bits per heavy atom. The van der Waals surface area contributed by atoms with Gasteiger partial charge in [-0.1, -0.05) is 57.6 Å². The fourth-order valence-corrected chi connectivity index (χ4v) is 2.00. The summed E-state index contributed by atoms with van der Waals surface area (Å²) in [6, 6.07) is 6.49. The van der Waals surface area contributed by atoms with Crippen LogP contribution in [0.1, 0.15) is 75.6 Å². The van der Waals surface area contributed by atoms with Gasteiger partial charge in [0.1, 0.15) is 5.75 Å². The lowest BCUT2D eigenvalue weighted by molar-refractivity contribution is -0.137. The standard InChI is InChI=1S/C10H20O2.C8H8O2/c1-2-3-4-5-6-7-8-9-10(11)12;1-6(9)7-4-2-3-5-8(7)10/h2-9H2,1H3,(H,11,12);2-5,10H,1H3. The van der Waals surface area contributed by atoms with Crippen LogP contribution in [0.3, 0.4) is 0 Å². The molecule has 0 radical (unpaired) electrons. The first-order chi connectivity index (χ1) is 10.5. The molecule has 0 saturated heterocycles. The van der Waals surface area contributed by atoms with Gasteiger partial charge in [0.15, 0.2) is 5.78 Å². The molecule has 4 nitrogen and oxygen atoms in total. The molecule has 0 saturated carbocycles. The Morgan fingerprint density at radius 1 is 0.955 bits per heavy atom. The minimum absolute atomic E-state index is 0.0509. The number of hydrogen-bond donors (Lipinski definition) is 2. The molecule has 0 aliphatic rings. The lowest BCUT2D eigenvalue weighted by atomic mass is 10.1. The van der Waals surface area contributed by atoms with Gasteiger partial charge in [-0.25, -0.2) is 0 Å². The maximum absolute atomic E-state index is 10.7. The van der Waals surface area contributed by atoms with E-state index in [2.05, 4.69) is 6.92 Å². The molecule has 1 aromatic carbocycles. The first-order valence-corrected chi connectivity index (χ1v) is 7.99. The number of carboxylic acid groups (broad SMARTS) is 1. The zero-order valence-electron chi connectivity index (χ0n) is 13.7. The highest BCUT2D eigenvalue weighted by molar-refractivity contribution is 5.96. The lowest BCUT2D eigenvalue weighted by Gasteiger charge is -1.98. The van der Waals surface area contributed by atoms with Gasteiger partial charge in [0, 0.05) is 6.42 Å². The summed E-state index contributed by atoms with van der Waals surface area (Å²) in [6.45, 7) is 3.62. The maximum Gasteiger partial charge on any atom is 0.303 e. The number of ketones is 1. The average Bonchev–Trinajstić information content (AvgIpc) is 2.47. The summed E-state index contributed by atoms with van der Waals surface area (Å²) in [4.78, 5) is 20.8. The van der Waals surface area contributed by atoms with Gasteiger partial charge >= 0.3 is 5.97 Å². The number of carbonyl (C=O) groups is 2. The Labute approximate surface area is 133 Å². The molecule has 0 aliphatic heterocycles. The molecule has 22 heavy (non-hydrogen) atoms. The van der Waals surface area contributed by atoms with Crippen molar-refractivity contribution < 1.29 is 19.8 Å². The Balaban J connectivity index is 0.000000406. The van der Waals surface area contributed by atoms with E-state index in [1.807, 2.05) is 0 Å².